The van der Waals surface area contributed by atoms with E-state index in [4.69, 9.17) is 4.42 Å². The average Bonchev–Trinajstić information content (AvgIpc) is 3.06. The number of oxazole rings is 1. The van der Waals surface area contributed by atoms with Gasteiger partial charge in [0.05, 0.1) is 5.56 Å². The Labute approximate surface area is 155 Å². The van der Waals surface area contributed by atoms with Gasteiger partial charge in [-0.3, -0.25) is 9.78 Å². The zero-order chi connectivity index (χ0) is 19.0. The highest BCUT2D eigenvalue weighted by Crippen LogP contribution is 2.34. The fourth-order valence-electron chi connectivity index (χ4n) is 2.99. The quantitative estimate of drug-likeness (QED) is 0.564. The molecule has 0 saturated carbocycles. The molecule has 27 heavy (non-hydrogen) atoms. The molecule has 0 aliphatic carbocycles. The lowest BCUT2D eigenvalue weighted by Crippen LogP contribution is -2.11. The Bertz CT molecular complexity index is 1150. The third kappa shape index (κ3) is 3.25. The smallest absolute Gasteiger partial charge is 0.255 e. The lowest BCUT2D eigenvalue weighted by molar-refractivity contribution is 0.102. The Morgan fingerprint density at radius 2 is 1.85 bits per heavy atom. The van der Waals surface area contributed by atoms with Crippen LogP contribution in [0.1, 0.15) is 21.5 Å². The Morgan fingerprint density at radius 3 is 2.59 bits per heavy atom. The minimum atomic E-state index is -0.280. The van der Waals surface area contributed by atoms with Crippen molar-refractivity contribution in [2.24, 2.45) is 0 Å². The number of aryl methyl sites for hydroxylation is 2. The van der Waals surface area contributed by atoms with E-state index in [0.29, 0.717) is 28.3 Å². The number of aromatic hydroxyl groups is 1. The first-order valence-electron chi connectivity index (χ1n) is 8.44. The van der Waals surface area contributed by atoms with E-state index in [9.17, 15) is 9.90 Å². The van der Waals surface area contributed by atoms with Gasteiger partial charge in [0.25, 0.3) is 5.91 Å². The normalized spacial score (nSPS) is 10.9. The molecule has 1 amide bonds. The summed E-state index contributed by atoms with van der Waals surface area (Å²) in [5.74, 6) is 0.0316. The number of aromatic nitrogens is 2. The zero-order valence-corrected chi connectivity index (χ0v) is 14.9. The highest BCUT2D eigenvalue weighted by atomic mass is 16.3. The standard InChI is InChI=1S/C21H17N3O3/c1-12-9-13(2)19-17(10-12)24-21(27-19)16-4-3-15(11-18(16)25)23-20(26)14-5-7-22-8-6-14/h3-11,25H,1-2H3,(H,23,26). The predicted octanol–water partition coefficient (Wildman–Crippen LogP) is 4.46. The van der Waals surface area contributed by atoms with Crippen LogP contribution in [-0.4, -0.2) is 21.0 Å². The first kappa shape index (κ1) is 16.8. The van der Waals surface area contributed by atoms with E-state index in [1.165, 1.54) is 6.07 Å². The van der Waals surface area contributed by atoms with Crippen molar-refractivity contribution in [3.63, 3.8) is 0 Å². The van der Waals surface area contributed by atoms with E-state index in [-0.39, 0.29) is 11.7 Å². The molecule has 6 nitrogen and oxygen atoms in total. The number of phenolic OH excluding ortho intramolecular Hbond substituents is 1. The van der Waals surface area contributed by atoms with E-state index in [2.05, 4.69) is 15.3 Å². The lowest BCUT2D eigenvalue weighted by atomic mass is 10.1. The number of nitrogens with one attached hydrogen (secondary N) is 1. The number of benzene rings is 2. The van der Waals surface area contributed by atoms with E-state index in [0.717, 1.165) is 16.6 Å². The van der Waals surface area contributed by atoms with Gasteiger partial charge in [0.2, 0.25) is 5.89 Å². The van der Waals surface area contributed by atoms with Gasteiger partial charge in [0.15, 0.2) is 5.58 Å². The topological polar surface area (TPSA) is 88.2 Å². The van der Waals surface area contributed by atoms with Crippen LogP contribution in [0.25, 0.3) is 22.6 Å². The summed E-state index contributed by atoms with van der Waals surface area (Å²) in [6, 6.07) is 12.0. The maximum absolute atomic E-state index is 12.2. The second-order valence-electron chi connectivity index (χ2n) is 6.37. The molecule has 4 rings (SSSR count). The maximum Gasteiger partial charge on any atom is 0.255 e. The summed E-state index contributed by atoms with van der Waals surface area (Å²) in [5.41, 5.74) is 4.95. The summed E-state index contributed by atoms with van der Waals surface area (Å²) in [4.78, 5) is 20.6. The van der Waals surface area contributed by atoms with Gasteiger partial charge in [-0.05, 0) is 55.3 Å². The van der Waals surface area contributed by atoms with E-state index >= 15 is 0 Å². The Morgan fingerprint density at radius 1 is 1.07 bits per heavy atom. The number of hydrogen-bond donors (Lipinski definition) is 2. The molecular formula is C21H17N3O3. The lowest BCUT2D eigenvalue weighted by Gasteiger charge is -2.07. The summed E-state index contributed by atoms with van der Waals surface area (Å²) in [5, 5.41) is 13.2. The van der Waals surface area contributed by atoms with Crippen molar-refractivity contribution < 1.29 is 14.3 Å². The number of pyridine rings is 1. The molecule has 2 N–H and O–H groups in total. The van der Waals surface area contributed by atoms with Crippen LogP contribution in [0.4, 0.5) is 5.69 Å². The zero-order valence-electron chi connectivity index (χ0n) is 14.9. The summed E-state index contributed by atoms with van der Waals surface area (Å²) in [7, 11) is 0. The van der Waals surface area contributed by atoms with Crippen molar-refractivity contribution in [3.05, 3.63) is 71.5 Å². The van der Waals surface area contributed by atoms with Crippen LogP contribution in [0, 0.1) is 13.8 Å². The number of carbonyl (C=O) groups excluding carboxylic acids is 1. The van der Waals surface area contributed by atoms with E-state index in [1.807, 2.05) is 26.0 Å². The molecule has 0 bridgehead atoms. The molecule has 0 fully saturated rings. The first-order valence-corrected chi connectivity index (χ1v) is 8.44. The summed E-state index contributed by atoms with van der Waals surface area (Å²) in [6.45, 7) is 3.96. The molecule has 6 heteroatoms. The molecule has 0 radical (unpaired) electrons. The maximum atomic E-state index is 12.2. The van der Waals surface area contributed by atoms with Crippen LogP contribution in [0.15, 0.2) is 59.3 Å². The SMILES string of the molecule is Cc1cc(C)c2oc(-c3ccc(NC(=O)c4ccncc4)cc3O)nc2c1. The molecule has 0 unspecified atom stereocenters. The van der Waals surface area contributed by atoms with Gasteiger partial charge < -0.3 is 14.8 Å². The number of carbonyl (C=O) groups is 1. The van der Waals surface area contributed by atoms with Crippen LogP contribution in [0.5, 0.6) is 5.75 Å². The van der Waals surface area contributed by atoms with Gasteiger partial charge in [-0.25, -0.2) is 4.98 Å². The van der Waals surface area contributed by atoms with Crippen LogP contribution < -0.4 is 5.32 Å². The minimum absolute atomic E-state index is 0.0246. The highest BCUT2D eigenvalue weighted by molar-refractivity contribution is 6.04. The molecule has 2 aromatic carbocycles. The predicted molar refractivity (Wildman–Crippen MR) is 103 cm³/mol. The Kier molecular flexibility index (Phi) is 4.08. The molecule has 2 aromatic heterocycles. The second-order valence-corrected chi connectivity index (χ2v) is 6.37. The van der Waals surface area contributed by atoms with Gasteiger partial charge in [-0.1, -0.05) is 6.07 Å². The molecule has 2 heterocycles. The van der Waals surface area contributed by atoms with Gasteiger partial charge in [-0.15, -0.1) is 0 Å². The number of fused-ring (bicyclic) bond motifs is 1. The third-order valence-electron chi connectivity index (χ3n) is 4.25. The third-order valence-corrected chi connectivity index (χ3v) is 4.25. The highest BCUT2D eigenvalue weighted by Gasteiger charge is 2.15. The number of rotatable bonds is 3. The summed E-state index contributed by atoms with van der Waals surface area (Å²) in [6.07, 6.45) is 3.10. The van der Waals surface area contributed by atoms with Crippen LogP contribution in [0.2, 0.25) is 0 Å². The summed E-state index contributed by atoms with van der Waals surface area (Å²) < 4.78 is 5.85. The van der Waals surface area contributed by atoms with Crippen LogP contribution in [0.3, 0.4) is 0 Å². The van der Waals surface area contributed by atoms with Crippen molar-refractivity contribution in [1.29, 1.82) is 0 Å². The van der Waals surface area contributed by atoms with Gasteiger partial charge in [0, 0.05) is 29.7 Å². The molecule has 0 saturated heterocycles. The monoisotopic (exact) mass is 359 g/mol. The number of amides is 1. The van der Waals surface area contributed by atoms with Gasteiger partial charge in [-0.2, -0.15) is 0 Å². The first-order chi connectivity index (χ1) is 13.0. The van der Waals surface area contributed by atoms with Crippen LogP contribution in [-0.2, 0) is 0 Å². The summed E-state index contributed by atoms with van der Waals surface area (Å²) >= 11 is 0. The Hall–Kier alpha value is -3.67. The van der Waals surface area contributed by atoms with E-state index < -0.39 is 0 Å². The van der Waals surface area contributed by atoms with Crippen molar-refractivity contribution >= 4 is 22.7 Å². The van der Waals surface area contributed by atoms with Gasteiger partial charge in [0.1, 0.15) is 11.3 Å². The average molecular weight is 359 g/mol. The largest absolute Gasteiger partial charge is 0.507 e. The minimum Gasteiger partial charge on any atom is -0.507 e. The fraction of sp³-hybridized carbons (Fsp3) is 0.0952. The van der Waals surface area contributed by atoms with Crippen molar-refractivity contribution in [2.45, 2.75) is 13.8 Å². The van der Waals surface area contributed by atoms with Crippen molar-refractivity contribution in [1.82, 2.24) is 9.97 Å². The van der Waals surface area contributed by atoms with Crippen molar-refractivity contribution in [3.8, 4) is 17.2 Å². The number of anilines is 1. The van der Waals surface area contributed by atoms with E-state index in [1.54, 1.807) is 36.7 Å². The fourth-order valence-corrected chi connectivity index (χ4v) is 2.99. The molecule has 0 spiro atoms. The molecule has 0 atom stereocenters. The number of nitrogens with zero attached hydrogens (tertiary/aromatic N) is 2. The second kappa shape index (κ2) is 6.57. The van der Waals surface area contributed by atoms with Crippen LogP contribution >= 0.6 is 0 Å². The molecular weight excluding hydrogens is 342 g/mol. The number of phenols is 1. The molecule has 0 aliphatic heterocycles. The van der Waals surface area contributed by atoms with Gasteiger partial charge >= 0.3 is 0 Å². The number of hydrogen-bond acceptors (Lipinski definition) is 5. The molecule has 4 aromatic rings. The molecule has 134 valence electrons. The Balaban J connectivity index is 1.64. The van der Waals surface area contributed by atoms with Crippen molar-refractivity contribution in [2.75, 3.05) is 5.32 Å². The molecule has 0 aliphatic rings.